The Morgan fingerprint density at radius 3 is 2.81 bits per heavy atom. The molecule has 1 atom stereocenters. The average molecular weight is 306 g/mol. The number of hydrogen-bond acceptors (Lipinski definition) is 4. The lowest BCUT2D eigenvalue weighted by Gasteiger charge is -2.34. The third kappa shape index (κ3) is 2.85. The predicted molar refractivity (Wildman–Crippen MR) is 82.8 cm³/mol. The molecule has 1 aromatic carbocycles. The van der Waals surface area contributed by atoms with E-state index in [1.54, 1.807) is 11.8 Å². The molecule has 0 aromatic heterocycles. The second-order valence-electron chi connectivity index (χ2n) is 5.15. The van der Waals surface area contributed by atoms with Gasteiger partial charge in [-0.05, 0) is 19.1 Å². The Bertz CT molecular complexity index is 558. The van der Waals surface area contributed by atoms with Crippen LogP contribution in [0.2, 0.25) is 0 Å². The molecule has 2 aliphatic heterocycles. The van der Waals surface area contributed by atoms with Gasteiger partial charge in [-0.2, -0.15) is 11.8 Å². The fourth-order valence-electron chi connectivity index (χ4n) is 2.57. The fraction of sp³-hybridized carbons (Fsp3) is 0.467. The Kier molecular flexibility index (Phi) is 4.05. The summed E-state index contributed by atoms with van der Waals surface area (Å²) in [6.07, 6.45) is -0.551. The summed E-state index contributed by atoms with van der Waals surface area (Å²) in [7, 11) is 0. The zero-order chi connectivity index (χ0) is 14.8. The Labute approximate surface area is 128 Å². The first kappa shape index (κ1) is 14.3. The van der Waals surface area contributed by atoms with Crippen LogP contribution in [-0.2, 0) is 9.59 Å². The largest absolute Gasteiger partial charge is 0.479 e. The van der Waals surface area contributed by atoms with Gasteiger partial charge in [0.1, 0.15) is 12.3 Å². The summed E-state index contributed by atoms with van der Waals surface area (Å²) in [5.41, 5.74) is 0.681. The molecule has 1 fully saturated rings. The van der Waals surface area contributed by atoms with E-state index in [1.807, 2.05) is 40.9 Å². The van der Waals surface area contributed by atoms with Crippen molar-refractivity contribution < 1.29 is 14.3 Å². The van der Waals surface area contributed by atoms with Crippen molar-refractivity contribution in [2.75, 3.05) is 36.0 Å². The molecule has 1 unspecified atom stereocenters. The molecule has 0 aliphatic carbocycles. The van der Waals surface area contributed by atoms with Crippen molar-refractivity contribution >= 4 is 29.3 Å². The van der Waals surface area contributed by atoms with Gasteiger partial charge in [0.05, 0.1) is 5.69 Å². The van der Waals surface area contributed by atoms with E-state index in [0.29, 0.717) is 11.4 Å². The molecule has 2 amide bonds. The number of ether oxygens (including phenoxy) is 1. The van der Waals surface area contributed by atoms with Gasteiger partial charge in [-0.1, -0.05) is 12.1 Å². The number of carbonyl (C=O) groups excluding carboxylic acids is 2. The molecule has 2 aliphatic rings. The number of thioether (sulfide) groups is 1. The molecule has 3 rings (SSSR count). The van der Waals surface area contributed by atoms with Crippen molar-refractivity contribution in [2.24, 2.45) is 0 Å². The fourth-order valence-corrected chi connectivity index (χ4v) is 3.47. The van der Waals surface area contributed by atoms with E-state index < -0.39 is 6.10 Å². The Morgan fingerprint density at radius 1 is 1.33 bits per heavy atom. The van der Waals surface area contributed by atoms with E-state index in [0.717, 1.165) is 24.6 Å². The van der Waals surface area contributed by atoms with E-state index >= 15 is 0 Å². The molecule has 0 saturated carbocycles. The van der Waals surface area contributed by atoms with Crippen LogP contribution in [0.3, 0.4) is 0 Å². The van der Waals surface area contributed by atoms with Crippen LogP contribution in [-0.4, -0.2) is 54.0 Å². The number of carbonyl (C=O) groups is 2. The molecule has 6 heteroatoms. The normalized spacial score (nSPS) is 21.8. The molecule has 0 N–H and O–H groups in total. The topological polar surface area (TPSA) is 49.9 Å². The lowest BCUT2D eigenvalue weighted by atomic mass is 10.2. The molecule has 2 heterocycles. The maximum Gasteiger partial charge on any atom is 0.268 e. The summed E-state index contributed by atoms with van der Waals surface area (Å²) < 4.78 is 5.58. The van der Waals surface area contributed by atoms with E-state index in [9.17, 15) is 9.59 Å². The van der Waals surface area contributed by atoms with Crippen molar-refractivity contribution in [3.8, 4) is 5.75 Å². The minimum Gasteiger partial charge on any atom is -0.479 e. The quantitative estimate of drug-likeness (QED) is 0.828. The predicted octanol–water partition coefficient (Wildman–Crippen LogP) is 1.38. The van der Waals surface area contributed by atoms with Gasteiger partial charge < -0.3 is 9.64 Å². The van der Waals surface area contributed by atoms with Crippen LogP contribution in [0, 0.1) is 0 Å². The van der Waals surface area contributed by atoms with Crippen molar-refractivity contribution in [2.45, 2.75) is 13.0 Å². The summed E-state index contributed by atoms with van der Waals surface area (Å²) in [5.74, 6) is 2.44. The first-order valence-electron chi connectivity index (χ1n) is 7.09. The first-order valence-corrected chi connectivity index (χ1v) is 8.25. The number of fused-ring (bicyclic) bond motifs is 1. The number of nitrogens with zero attached hydrogens (tertiary/aromatic N) is 2. The summed E-state index contributed by atoms with van der Waals surface area (Å²) in [5, 5.41) is 0. The minimum atomic E-state index is -0.551. The van der Waals surface area contributed by atoms with E-state index in [4.69, 9.17) is 4.74 Å². The summed E-state index contributed by atoms with van der Waals surface area (Å²) >= 11 is 1.86. The average Bonchev–Trinajstić information content (AvgIpc) is 2.52. The Morgan fingerprint density at radius 2 is 2.05 bits per heavy atom. The number of para-hydroxylation sites is 2. The van der Waals surface area contributed by atoms with Crippen LogP contribution >= 0.6 is 11.8 Å². The molecule has 1 aromatic rings. The van der Waals surface area contributed by atoms with Gasteiger partial charge in [-0.3, -0.25) is 14.5 Å². The highest BCUT2D eigenvalue weighted by Gasteiger charge is 2.33. The molecule has 112 valence electrons. The zero-order valence-electron chi connectivity index (χ0n) is 11.9. The molecular weight excluding hydrogens is 288 g/mol. The van der Waals surface area contributed by atoms with Gasteiger partial charge >= 0.3 is 0 Å². The van der Waals surface area contributed by atoms with Crippen molar-refractivity contribution in [1.29, 1.82) is 0 Å². The molecule has 5 nitrogen and oxygen atoms in total. The van der Waals surface area contributed by atoms with Crippen LogP contribution in [0.25, 0.3) is 0 Å². The number of benzene rings is 1. The standard InChI is InChI=1S/C15H18N2O3S/c1-11-15(19)17(12-4-2-3-5-13(12)20-11)10-14(18)16-6-8-21-9-7-16/h2-5,11H,6-10H2,1H3. The molecule has 21 heavy (non-hydrogen) atoms. The van der Waals surface area contributed by atoms with Crippen LogP contribution in [0.15, 0.2) is 24.3 Å². The van der Waals surface area contributed by atoms with Crippen molar-refractivity contribution in [1.82, 2.24) is 4.90 Å². The van der Waals surface area contributed by atoms with Gasteiger partial charge in [0.25, 0.3) is 5.91 Å². The highest BCUT2D eigenvalue weighted by molar-refractivity contribution is 7.99. The summed E-state index contributed by atoms with van der Waals surface area (Å²) in [6, 6.07) is 7.36. The van der Waals surface area contributed by atoms with E-state index in [2.05, 4.69) is 0 Å². The number of amides is 2. The monoisotopic (exact) mass is 306 g/mol. The number of hydrogen-bond donors (Lipinski definition) is 0. The highest BCUT2D eigenvalue weighted by atomic mass is 32.2. The second kappa shape index (κ2) is 5.97. The van der Waals surface area contributed by atoms with Crippen molar-refractivity contribution in [3.63, 3.8) is 0 Å². The molecule has 0 spiro atoms. The highest BCUT2D eigenvalue weighted by Crippen LogP contribution is 2.33. The van der Waals surface area contributed by atoms with Gasteiger partial charge in [-0.25, -0.2) is 0 Å². The molecule has 1 saturated heterocycles. The van der Waals surface area contributed by atoms with Gasteiger partial charge in [0, 0.05) is 24.6 Å². The SMILES string of the molecule is CC1Oc2ccccc2N(CC(=O)N2CCSCC2)C1=O. The Hall–Kier alpha value is -1.69. The number of anilines is 1. The Balaban J connectivity index is 1.80. The third-order valence-electron chi connectivity index (χ3n) is 3.73. The van der Waals surface area contributed by atoms with E-state index in [1.165, 1.54) is 0 Å². The lowest BCUT2D eigenvalue weighted by Crippen LogP contribution is -2.50. The van der Waals surface area contributed by atoms with Gasteiger partial charge in [-0.15, -0.1) is 0 Å². The van der Waals surface area contributed by atoms with Crippen LogP contribution in [0.5, 0.6) is 5.75 Å². The minimum absolute atomic E-state index is 0.00699. The van der Waals surface area contributed by atoms with Crippen LogP contribution in [0.1, 0.15) is 6.92 Å². The maximum atomic E-state index is 12.4. The maximum absolute atomic E-state index is 12.4. The molecule has 0 radical (unpaired) electrons. The summed E-state index contributed by atoms with van der Waals surface area (Å²) in [4.78, 5) is 28.1. The molecular formula is C15H18N2O3S. The van der Waals surface area contributed by atoms with Gasteiger partial charge in [0.15, 0.2) is 6.10 Å². The van der Waals surface area contributed by atoms with Gasteiger partial charge in [0.2, 0.25) is 5.91 Å². The first-order chi connectivity index (χ1) is 10.2. The lowest BCUT2D eigenvalue weighted by molar-refractivity contribution is -0.132. The zero-order valence-corrected chi connectivity index (χ0v) is 12.8. The smallest absolute Gasteiger partial charge is 0.268 e. The van der Waals surface area contributed by atoms with Crippen LogP contribution < -0.4 is 9.64 Å². The second-order valence-corrected chi connectivity index (χ2v) is 6.37. The van der Waals surface area contributed by atoms with Crippen LogP contribution in [0.4, 0.5) is 5.69 Å². The number of rotatable bonds is 2. The third-order valence-corrected chi connectivity index (χ3v) is 4.67. The van der Waals surface area contributed by atoms with Crippen molar-refractivity contribution in [3.05, 3.63) is 24.3 Å². The molecule has 0 bridgehead atoms. The van der Waals surface area contributed by atoms with E-state index in [-0.39, 0.29) is 18.4 Å². The summed E-state index contributed by atoms with van der Waals surface area (Å²) in [6.45, 7) is 3.33.